The van der Waals surface area contributed by atoms with Crippen LogP contribution < -0.4 is 9.47 Å². The minimum absolute atomic E-state index is 0.656. The lowest BCUT2D eigenvalue weighted by atomic mass is 10.1. The number of hydrogen-bond acceptors (Lipinski definition) is 7. The maximum Gasteiger partial charge on any atom is 0.414 e. The van der Waals surface area contributed by atoms with E-state index in [0.717, 1.165) is 49.0 Å². The fourth-order valence-corrected chi connectivity index (χ4v) is 3.09. The third-order valence-electron chi connectivity index (χ3n) is 4.81. The van der Waals surface area contributed by atoms with Crippen LogP contribution in [0, 0.1) is 0 Å². The smallest absolute Gasteiger partial charge is 0.414 e. The zero-order chi connectivity index (χ0) is 23.5. The molecule has 1 heterocycles. The molecule has 0 aliphatic carbocycles. The number of likely N-dealkylation sites (N-methyl/N-ethyl adjacent to an activating group) is 1. The number of carboxylic acids is 2. The topological polar surface area (TPSA) is 122 Å². The zero-order valence-corrected chi connectivity index (χ0v) is 18.4. The SMILES string of the molecule is COc1cc2onc(CCCN(C)CCc3ccccc3)c2cc1OC.O=C(O)C(=O)O. The molecular formula is C23H28N2O7. The van der Waals surface area contributed by atoms with Gasteiger partial charge >= 0.3 is 11.9 Å². The lowest BCUT2D eigenvalue weighted by Gasteiger charge is -2.16. The van der Waals surface area contributed by atoms with Crippen molar-refractivity contribution in [3.05, 3.63) is 53.7 Å². The Morgan fingerprint density at radius 2 is 1.59 bits per heavy atom. The van der Waals surface area contributed by atoms with Crippen LogP contribution >= 0.6 is 0 Å². The van der Waals surface area contributed by atoms with Crippen LogP contribution in [0.15, 0.2) is 47.0 Å². The van der Waals surface area contributed by atoms with Crippen molar-refractivity contribution in [1.82, 2.24) is 10.1 Å². The van der Waals surface area contributed by atoms with E-state index < -0.39 is 11.9 Å². The number of carboxylic acid groups (broad SMARTS) is 2. The number of methoxy groups -OCH3 is 2. The molecule has 3 aromatic rings. The monoisotopic (exact) mass is 444 g/mol. The molecule has 9 nitrogen and oxygen atoms in total. The quantitative estimate of drug-likeness (QED) is 0.479. The highest BCUT2D eigenvalue weighted by Crippen LogP contribution is 2.33. The summed E-state index contributed by atoms with van der Waals surface area (Å²) in [5.74, 6) is -2.29. The van der Waals surface area contributed by atoms with Gasteiger partial charge in [-0.3, -0.25) is 0 Å². The first kappa shape index (κ1) is 24.7. The third kappa shape index (κ3) is 7.28. The predicted octanol–water partition coefficient (Wildman–Crippen LogP) is 3.11. The molecule has 32 heavy (non-hydrogen) atoms. The van der Waals surface area contributed by atoms with Crippen molar-refractivity contribution in [3.8, 4) is 11.5 Å². The fourth-order valence-electron chi connectivity index (χ4n) is 3.09. The first-order chi connectivity index (χ1) is 15.3. The summed E-state index contributed by atoms with van der Waals surface area (Å²) in [6, 6.07) is 14.4. The molecule has 0 unspecified atom stereocenters. The Labute approximate surface area is 186 Å². The average molecular weight is 444 g/mol. The van der Waals surface area contributed by atoms with E-state index >= 15 is 0 Å². The van der Waals surface area contributed by atoms with Crippen LogP contribution in [0.2, 0.25) is 0 Å². The van der Waals surface area contributed by atoms with Crippen molar-refractivity contribution in [1.29, 1.82) is 0 Å². The molecule has 0 atom stereocenters. The van der Waals surface area contributed by atoms with Crippen LogP contribution in [0.5, 0.6) is 11.5 Å². The Kier molecular flexibility index (Phi) is 9.49. The molecule has 0 saturated heterocycles. The summed E-state index contributed by atoms with van der Waals surface area (Å²) < 4.78 is 16.1. The molecule has 0 amide bonds. The first-order valence-electron chi connectivity index (χ1n) is 10.0. The van der Waals surface area contributed by atoms with Crippen molar-refractivity contribution in [2.45, 2.75) is 19.3 Å². The summed E-state index contributed by atoms with van der Waals surface area (Å²) >= 11 is 0. The lowest BCUT2D eigenvalue weighted by molar-refractivity contribution is -0.159. The molecule has 1 aromatic heterocycles. The van der Waals surface area contributed by atoms with Crippen molar-refractivity contribution < 1.29 is 33.8 Å². The summed E-state index contributed by atoms with van der Waals surface area (Å²) in [5, 5.41) is 20.0. The molecule has 172 valence electrons. The Balaban J connectivity index is 0.000000534. The first-order valence-corrected chi connectivity index (χ1v) is 10.0. The Morgan fingerprint density at radius 3 is 2.19 bits per heavy atom. The van der Waals surface area contributed by atoms with Gasteiger partial charge in [-0.25, -0.2) is 9.59 Å². The number of aryl methyl sites for hydroxylation is 1. The van der Waals surface area contributed by atoms with E-state index in [9.17, 15) is 0 Å². The van der Waals surface area contributed by atoms with Gasteiger partial charge in [0.25, 0.3) is 0 Å². The normalized spacial score (nSPS) is 10.5. The number of benzene rings is 2. The highest BCUT2D eigenvalue weighted by molar-refractivity contribution is 6.27. The van der Waals surface area contributed by atoms with E-state index in [0.29, 0.717) is 11.5 Å². The van der Waals surface area contributed by atoms with Crippen LogP contribution in [-0.4, -0.2) is 66.6 Å². The van der Waals surface area contributed by atoms with Crippen LogP contribution in [0.4, 0.5) is 0 Å². The van der Waals surface area contributed by atoms with Gasteiger partial charge in [-0.05, 0) is 44.5 Å². The molecule has 0 fully saturated rings. The van der Waals surface area contributed by atoms with Gasteiger partial charge in [0.05, 0.1) is 19.9 Å². The second-order valence-corrected chi connectivity index (χ2v) is 7.09. The summed E-state index contributed by atoms with van der Waals surface area (Å²) in [6.07, 6.45) is 2.97. The van der Waals surface area contributed by atoms with E-state index in [1.807, 2.05) is 12.1 Å². The van der Waals surface area contributed by atoms with Crippen molar-refractivity contribution >= 4 is 22.9 Å². The number of hydrogen-bond donors (Lipinski definition) is 2. The second kappa shape index (κ2) is 12.3. The number of carbonyl (C=O) groups is 2. The van der Waals surface area contributed by atoms with Gasteiger partial charge < -0.3 is 29.1 Å². The van der Waals surface area contributed by atoms with Gasteiger partial charge in [0.2, 0.25) is 0 Å². The molecule has 3 rings (SSSR count). The molecular weight excluding hydrogens is 416 g/mol. The Morgan fingerprint density at radius 1 is 0.969 bits per heavy atom. The highest BCUT2D eigenvalue weighted by Gasteiger charge is 2.14. The lowest BCUT2D eigenvalue weighted by Crippen LogP contribution is -2.22. The van der Waals surface area contributed by atoms with Gasteiger partial charge in [0.1, 0.15) is 0 Å². The van der Waals surface area contributed by atoms with E-state index in [-0.39, 0.29) is 0 Å². The van der Waals surface area contributed by atoms with Crippen molar-refractivity contribution in [3.63, 3.8) is 0 Å². The third-order valence-corrected chi connectivity index (χ3v) is 4.81. The highest BCUT2D eigenvalue weighted by atomic mass is 16.5. The van der Waals surface area contributed by atoms with E-state index in [1.54, 1.807) is 14.2 Å². The maximum atomic E-state index is 9.10. The molecule has 0 aliphatic rings. The van der Waals surface area contributed by atoms with Crippen LogP contribution in [0.3, 0.4) is 0 Å². The van der Waals surface area contributed by atoms with Crippen LogP contribution in [0.25, 0.3) is 11.0 Å². The van der Waals surface area contributed by atoms with E-state index in [4.69, 9.17) is 33.8 Å². The van der Waals surface area contributed by atoms with Gasteiger partial charge in [-0.2, -0.15) is 0 Å². The number of nitrogens with zero attached hydrogens (tertiary/aromatic N) is 2. The van der Waals surface area contributed by atoms with Crippen LogP contribution in [-0.2, 0) is 22.4 Å². The average Bonchev–Trinajstić information content (AvgIpc) is 3.19. The van der Waals surface area contributed by atoms with Crippen molar-refractivity contribution in [2.24, 2.45) is 0 Å². The van der Waals surface area contributed by atoms with Gasteiger partial charge in [0, 0.05) is 18.0 Å². The predicted molar refractivity (Wildman–Crippen MR) is 118 cm³/mol. The summed E-state index contributed by atoms with van der Waals surface area (Å²) in [7, 11) is 5.42. The maximum absolute atomic E-state index is 9.10. The summed E-state index contributed by atoms with van der Waals surface area (Å²) in [5.41, 5.74) is 3.08. The minimum atomic E-state index is -1.82. The zero-order valence-electron chi connectivity index (χ0n) is 18.4. The standard InChI is InChI=1S/C21H26N2O3.C2H2O4/c1-23(13-11-16-8-5-4-6-9-16)12-7-10-18-17-14-20(24-2)21(25-3)15-19(17)26-22-18;3-1(4)2(5)6/h4-6,8-9,14-15H,7,10-13H2,1-3H3;(H,3,4)(H,5,6). The van der Waals surface area contributed by atoms with Crippen LogP contribution in [0.1, 0.15) is 17.7 Å². The van der Waals surface area contributed by atoms with Crippen molar-refractivity contribution in [2.75, 3.05) is 34.4 Å². The summed E-state index contributed by atoms with van der Waals surface area (Å²) in [6.45, 7) is 2.07. The fraction of sp³-hybridized carbons (Fsp3) is 0.348. The molecule has 0 bridgehead atoms. The van der Waals surface area contributed by atoms with Gasteiger partial charge in [0.15, 0.2) is 17.1 Å². The number of ether oxygens (including phenoxy) is 2. The van der Waals surface area contributed by atoms with E-state index in [2.05, 4.69) is 47.4 Å². The minimum Gasteiger partial charge on any atom is -0.493 e. The van der Waals surface area contributed by atoms with E-state index in [1.165, 1.54) is 5.56 Å². The number of aliphatic carboxylic acids is 2. The molecule has 2 aromatic carbocycles. The number of aromatic nitrogens is 1. The second-order valence-electron chi connectivity index (χ2n) is 7.09. The number of rotatable bonds is 9. The molecule has 0 saturated carbocycles. The molecule has 9 heteroatoms. The Bertz CT molecular complexity index is 1010. The molecule has 2 N–H and O–H groups in total. The van der Waals surface area contributed by atoms with Gasteiger partial charge in [-0.15, -0.1) is 0 Å². The van der Waals surface area contributed by atoms with Gasteiger partial charge in [-0.1, -0.05) is 35.5 Å². The number of fused-ring (bicyclic) bond motifs is 1. The molecule has 0 aliphatic heterocycles. The molecule has 0 spiro atoms. The Hall–Kier alpha value is -3.59. The largest absolute Gasteiger partial charge is 0.493 e. The molecule has 0 radical (unpaired) electrons. The summed E-state index contributed by atoms with van der Waals surface area (Å²) in [4.78, 5) is 20.6.